The van der Waals surface area contributed by atoms with E-state index in [-0.39, 0.29) is 17.6 Å². The number of nitrogens with one attached hydrogen (secondary N) is 1. The van der Waals surface area contributed by atoms with Crippen LogP contribution in [0.3, 0.4) is 0 Å². The van der Waals surface area contributed by atoms with Gasteiger partial charge in [-0.05, 0) is 66.0 Å². The number of likely N-dealkylation sites (tertiary alicyclic amines) is 1. The van der Waals surface area contributed by atoms with Crippen molar-refractivity contribution in [3.05, 3.63) is 62.5 Å². The highest BCUT2D eigenvalue weighted by Gasteiger charge is 2.27. The minimum Gasteiger partial charge on any atom is -0.462 e. The molecule has 1 saturated heterocycles. The summed E-state index contributed by atoms with van der Waals surface area (Å²) in [5.74, 6) is 0.0580. The molecule has 6 nitrogen and oxygen atoms in total. The van der Waals surface area contributed by atoms with E-state index in [9.17, 15) is 9.59 Å². The first kappa shape index (κ1) is 20.6. The van der Waals surface area contributed by atoms with Crippen molar-refractivity contribution in [2.45, 2.75) is 25.3 Å². The highest BCUT2D eigenvalue weighted by Crippen LogP contribution is 2.29. The summed E-state index contributed by atoms with van der Waals surface area (Å²) in [7, 11) is 3.84. The summed E-state index contributed by atoms with van der Waals surface area (Å²) in [5, 5.41) is 3.52. The number of likely N-dealkylation sites (N-methyl/N-ethyl adjacent to an activating group) is 1. The standard InChI is InChI=1S/C21H26BrN3O3/c1-4-28-21(27)15-7-5-14(6-8-15)16-11-17(13-24(2)12-16)23-18-9-10-25(3)20(26)19(18)22/h5-10,16-17,23H,4,11-13H2,1-3H3/t16-,17+/m0/s1. The molecule has 1 fully saturated rings. The predicted molar refractivity (Wildman–Crippen MR) is 114 cm³/mol. The maximum absolute atomic E-state index is 12.1. The second-order valence-electron chi connectivity index (χ2n) is 7.30. The van der Waals surface area contributed by atoms with Crippen molar-refractivity contribution in [1.29, 1.82) is 0 Å². The molecule has 7 heteroatoms. The first-order valence-corrected chi connectivity index (χ1v) is 10.3. The third kappa shape index (κ3) is 4.64. The Labute approximate surface area is 173 Å². The van der Waals surface area contributed by atoms with E-state index in [1.165, 1.54) is 5.56 Å². The van der Waals surface area contributed by atoms with Crippen LogP contribution in [-0.4, -0.2) is 48.2 Å². The summed E-state index contributed by atoms with van der Waals surface area (Å²) in [6, 6.07) is 9.84. The third-order valence-corrected chi connectivity index (χ3v) is 5.86. The van der Waals surface area contributed by atoms with Crippen LogP contribution in [-0.2, 0) is 11.8 Å². The van der Waals surface area contributed by atoms with E-state index in [1.54, 1.807) is 24.7 Å². The summed E-state index contributed by atoms with van der Waals surface area (Å²) < 4.78 is 7.16. The van der Waals surface area contributed by atoms with Crippen LogP contribution in [0.5, 0.6) is 0 Å². The number of piperidine rings is 1. The number of hydrogen-bond donors (Lipinski definition) is 1. The molecule has 2 aromatic rings. The molecular weight excluding hydrogens is 422 g/mol. The molecule has 28 heavy (non-hydrogen) atoms. The highest BCUT2D eigenvalue weighted by atomic mass is 79.9. The highest BCUT2D eigenvalue weighted by molar-refractivity contribution is 9.10. The number of hydrogen-bond acceptors (Lipinski definition) is 5. The maximum atomic E-state index is 12.1. The van der Waals surface area contributed by atoms with Gasteiger partial charge in [-0.2, -0.15) is 0 Å². The molecule has 0 amide bonds. The Kier molecular flexibility index (Phi) is 6.57. The first-order valence-electron chi connectivity index (χ1n) is 9.46. The van der Waals surface area contributed by atoms with Gasteiger partial charge in [-0.3, -0.25) is 4.79 Å². The molecule has 1 aliphatic heterocycles. The van der Waals surface area contributed by atoms with Crippen LogP contribution >= 0.6 is 15.9 Å². The lowest BCUT2D eigenvalue weighted by Crippen LogP contribution is -2.43. The second-order valence-corrected chi connectivity index (χ2v) is 8.09. The van der Waals surface area contributed by atoms with E-state index in [0.29, 0.717) is 22.6 Å². The fourth-order valence-electron chi connectivity index (χ4n) is 3.70. The minimum atomic E-state index is -0.287. The zero-order valence-electron chi connectivity index (χ0n) is 16.4. The number of anilines is 1. The van der Waals surface area contributed by atoms with Gasteiger partial charge in [0.25, 0.3) is 5.56 Å². The molecule has 0 spiro atoms. The fourth-order valence-corrected chi connectivity index (χ4v) is 4.23. The fraction of sp³-hybridized carbons (Fsp3) is 0.429. The number of benzene rings is 1. The van der Waals surface area contributed by atoms with Gasteiger partial charge in [-0.25, -0.2) is 4.79 Å². The van der Waals surface area contributed by atoms with Gasteiger partial charge in [0.05, 0.1) is 17.9 Å². The number of halogens is 1. The van der Waals surface area contributed by atoms with Crippen molar-refractivity contribution in [3.63, 3.8) is 0 Å². The average molecular weight is 448 g/mol. The van der Waals surface area contributed by atoms with Crippen molar-refractivity contribution in [1.82, 2.24) is 9.47 Å². The normalized spacial score (nSPS) is 20.0. The van der Waals surface area contributed by atoms with Crippen LogP contribution in [0, 0.1) is 0 Å². The number of rotatable bonds is 5. The summed E-state index contributed by atoms with van der Waals surface area (Å²) >= 11 is 3.41. The van der Waals surface area contributed by atoms with E-state index >= 15 is 0 Å². The number of ether oxygens (including phenoxy) is 1. The molecule has 0 saturated carbocycles. The summed E-state index contributed by atoms with van der Waals surface area (Å²) in [6.45, 7) is 4.03. The monoisotopic (exact) mass is 447 g/mol. The summed E-state index contributed by atoms with van der Waals surface area (Å²) in [6.07, 6.45) is 2.72. The van der Waals surface area contributed by atoms with Crippen molar-refractivity contribution in [2.24, 2.45) is 7.05 Å². The number of aromatic nitrogens is 1. The van der Waals surface area contributed by atoms with Gasteiger partial charge in [0.15, 0.2) is 0 Å². The predicted octanol–water partition coefficient (Wildman–Crippen LogP) is 3.22. The molecule has 1 aromatic carbocycles. The smallest absolute Gasteiger partial charge is 0.338 e. The lowest BCUT2D eigenvalue weighted by molar-refractivity contribution is 0.0526. The van der Waals surface area contributed by atoms with E-state index in [2.05, 4.69) is 33.2 Å². The van der Waals surface area contributed by atoms with Gasteiger partial charge in [-0.1, -0.05) is 12.1 Å². The molecule has 0 bridgehead atoms. The molecule has 3 rings (SSSR count). The third-order valence-electron chi connectivity index (χ3n) is 5.10. The minimum absolute atomic E-state index is 0.0553. The molecule has 0 unspecified atom stereocenters. The van der Waals surface area contributed by atoms with Crippen molar-refractivity contribution in [2.75, 3.05) is 32.1 Å². The quantitative estimate of drug-likeness (QED) is 0.712. The Hall–Kier alpha value is -2.12. The Bertz CT molecular complexity index is 895. The zero-order chi connectivity index (χ0) is 20.3. The van der Waals surface area contributed by atoms with Gasteiger partial charge in [0.1, 0.15) is 4.47 Å². The molecule has 1 N–H and O–H groups in total. The van der Waals surface area contributed by atoms with Crippen LogP contribution in [0.25, 0.3) is 0 Å². The molecule has 1 aromatic heterocycles. The number of aryl methyl sites for hydroxylation is 1. The molecular formula is C21H26BrN3O3. The number of esters is 1. The van der Waals surface area contributed by atoms with Crippen LogP contribution in [0.4, 0.5) is 5.69 Å². The molecule has 150 valence electrons. The number of carbonyl (C=O) groups excluding carboxylic acids is 1. The van der Waals surface area contributed by atoms with Crippen LogP contribution in [0.2, 0.25) is 0 Å². The van der Waals surface area contributed by atoms with Gasteiger partial charge < -0.3 is 19.5 Å². The van der Waals surface area contributed by atoms with Gasteiger partial charge in [-0.15, -0.1) is 0 Å². The van der Waals surface area contributed by atoms with Crippen molar-refractivity contribution < 1.29 is 9.53 Å². The van der Waals surface area contributed by atoms with Crippen LogP contribution < -0.4 is 10.9 Å². The van der Waals surface area contributed by atoms with Crippen molar-refractivity contribution >= 4 is 27.6 Å². The molecule has 0 aliphatic carbocycles. The Morgan fingerprint density at radius 1 is 1.21 bits per heavy atom. The van der Waals surface area contributed by atoms with Crippen LogP contribution in [0.1, 0.15) is 35.2 Å². The largest absolute Gasteiger partial charge is 0.462 e. The second kappa shape index (κ2) is 8.92. The summed E-state index contributed by atoms with van der Waals surface area (Å²) in [5.41, 5.74) is 2.54. The van der Waals surface area contributed by atoms with Crippen LogP contribution in [0.15, 0.2) is 45.8 Å². The SMILES string of the molecule is CCOC(=O)c1ccc([C@H]2C[C@@H](Nc3ccn(C)c(=O)c3Br)CN(C)C2)cc1. The Morgan fingerprint density at radius 3 is 2.61 bits per heavy atom. The van der Waals surface area contributed by atoms with E-state index in [0.717, 1.165) is 25.2 Å². The molecule has 2 atom stereocenters. The summed E-state index contributed by atoms with van der Waals surface area (Å²) in [4.78, 5) is 26.3. The topological polar surface area (TPSA) is 63.6 Å². The number of pyridine rings is 1. The first-order chi connectivity index (χ1) is 13.4. The van der Waals surface area contributed by atoms with E-state index < -0.39 is 0 Å². The molecule has 1 aliphatic rings. The number of nitrogens with zero attached hydrogens (tertiary/aromatic N) is 2. The Morgan fingerprint density at radius 2 is 1.93 bits per heavy atom. The van der Waals surface area contributed by atoms with Gasteiger partial charge in [0.2, 0.25) is 0 Å². The lowest BCUT2D eigenvalue weighted by Gasteiger charge is -2.37. The van der Waals surface area contributed by atoms with Gasteiger partial charge >= 0.3 is 5.97 Å². The molecule has 2 heterocycles. The van der Waals surface area contributed by atoms with Crippen molar-refractivity contribution in [3.8, 4) is 0 Å². The lowest BCUT2D eigenvalue weighted by atomic mass is 9.87. The Balaban J connectivity index is 1.73. The molecule has 0 radical (unpaired) electrons. The maximum Gasteiger partial charge on any atom is 0.338 e. The van der Waals surface area contributed by atoms with E-state index in [4.69, 9.17) is 4.74 Å². The zero-order valence-corrected chi connectivity index (χ0v) is 18.0. The van der Waals surface area contributed by atoms with Gasteiger partial charge in [0, 0.05) is 32.4 Å². The number of carbonyl (C=O) groups is 1. The average Bonchev–Trinajstić information content (AvgIpc) is 2.68. The van der Waals surface area contributed by atoms with E-state index in [1.807, 2.05) is 30.3 Å².